The van der Waals surface area contributed by atoms with Crippen molar-refractivity contribution >= 4 is 23.4 Å². The number of rotatable bonds is 9. The zero-order chi connectivity index (χ0) is 16.5. The summed E-state index contributed by atoms with van der Waals surface area (Å²) in [5.41, 5.74) is 1.21. The van der Waals surface area contributed by atoms with Crippen molar-refractivity contribution in [2.24, 2.45) is 0 Å². The topological polar surface area (TPSA) is 38.7 Å². The van der Waals surface area contributed by atoms with Crippen molar-refractivity contribution in [3.8, 4) is 5.75 Å². The Hall–Kier alpha value is -1.20. The van der Waals surface area contributed by atoms with Gasteiger partial charge in [0.15, 0.2) is 0 Å². The molecule has 0 amide bonds. The molecule has 2 aromatic rings. The quantitative estimate of drug-likeness (QED) is 0.691. The Morgan fingerprint density at radius 3 is 2.43 bits per heavy atom. The van der Waals surface area contributed by atoms with Crippen LogP contribution in [0.3, 0.4) is 0 Å². The van der Waals surface area contributed by atoms with Crippen molar-refractivity contribution in [2.75, 3.05) is 26.1 Å². The zero-order valence-electron chi connectivity index (χ0n) is 13.1. The monoisotopic (exact) mass is 352 g/mol. The van der Waals surface area contributed by atoms with E-state index in [1.54, 1.807) is 18.9 Å². The van der Waals surface area contributed by atoms with E-state index in [1.807, 2.05) is 48.5 Å². The fourth-order valence-corrected chi connectivity index (χ4v) is 2.87. The summed E-state index contributed by atoms with van der Waals surface area (Å²) in [4.78, 5) is 1.08. The summed E-state index contributed by atoms with van der Waals surface area (Å²) >= 11 is 7.43. The molecule has 2 rings (SSSR count). The van der Waals surface area contributed by atoms with Crippen LogP contribution in [0.25, 0.3) is 0 Å². The lowest BCUT2D eigenvalue weighted by Gasteiger charge is -2.12. The molecule has 0 aliphatic rings. The SMILES string of the molecule is COCCc1ccc(OCC(O)CSc2ccc(Cl)cc2)cc1. The Kier molecular flexibility index (Phi) is 7.76. The van der Waals surface area contributed by atoms with Gasteiger partial charge in [-0.1, -0.05) is 23.7 Å². The molecule has 0 spiro atoms. The van der Waals surface area contributed by atoms with Gasteiger partial charge < -0.3 is 14.6 Å². The average Bonchev–Trinajstić information content (AvgIpc) is 2.58. The molecule has 1 atom stereocenters. The maximum absolute atomic E-state index is 10.0. The molecule has 1 N–H and O–H groups in total. The predicted molar refractivity (Wildman–Crippen MR) is 95.7 cm³/mol. The van der Waals surface area contributed by atoms with Crippen molar-refractivity contribution in [1.82, 2.24) is 0 Å². The molecule has 0 aliphatic heterocycles. The molecule has 0 heterocycles. The highest BCUT2D eigenvalue weighted by atomic mass is 35.5. The second kappa shape index (κ2) is 9.83. The van der Waals surface area contributed by atoms with E-state index in [2.05, 4.69) is 0 Å². The number of thioether (sulfide) groups is 1. The van der Waals surface area contributed by atoms with Crippen LogP contribution in [0, 0.1) is 0 Å². The van der Waals surface area contributed by atoms with E-state index in [0.29, 0.717) is 17.4 Å². The maximum Gasteiger partial charge on any atom is 0.119 e. The normalized spacial score (nSPS) is 12.1. The van der Waals surface area contributed by atoms with E-state index >= 15 is 0 Å². The minimum absolute atomic E-state index is 0.276. The fraction of sp³-hybridized carbons (Fsp3) is 0.333. The lowest BCUT2D eigenvalue weighted by atomic mass is 10.1. The van der Waals surface area contributed by atoms with Crippen LogP contribution in [-0.4, -0.2) is 37.3 Å². The third-order valence-electron chi connectivity index (χ3n) is 3.22. The fourth-order valence-electron chi connectivity index (χ4n) is 1.94. The zero-order valence-corrected chi connectivity index (χ0v) is 14.6. The number of benzene rings is 2. The lowest BCUT2D eigenvalue weighted by molar-refractivity contribution is 0.126. The average molecular weight is 353 g/mol. The van der Waals surface area contributed by atoms with E-state index in [0.717, 1.165) is 17.1 Å². The van der Waals surface area contributed by atoms with Gasteiger partial charge in [0.1, 0.15) is 12.4 Å². The summed E-state index contributed by atoms with van der Waals surface area (Å²) in [6, 6.07) is 15.5. The smallest absolute Gasteiger partial charge is 0.119 e. The van der Waals surface area contributed by atoms with Gasteiger partial charge in [0.2, 0.25) is 0 Å². The van der Waals surface area contributed by atoms with Gasteiger partial charge in [-0.2, -0.15) is 0 Å². The standard InChI is InChI=1S/C18H21ClO3S/c1-21-11-10-14-2-6-17(7-3-14)22-12-16(20)13-23-18-8-4-15(19)5-9-18/h2-9,16,20H,10-13H2,1H3. The highest BCUT2D eigenvalue weighted by molar-refractivity contribution is 7.99. The van der Waals surface area contributed by atoms with Gasteiger partial charge in [-0.25, -0.2) is 0 Å². The third-order valence-corrected chi connectivity index (χ3v) is 4.63. The minimum atomic E-state index is -0.524. The van der Waals surface area contributed by atoms with Crippen LogP contribution >= 0.6 is 23.4 Å². The Morgan fingerprint density at radius 2 is 1.78 bits per heavy atom. The summed E-state index contributed by atoms with van der Waals surface area (Å²) in [7, 11) is 1.70. The molecule has 1 unspecified atom stereocenters. The maximum atomic E-state index is 10.0. The first-order valence-corrected chi connectivity index (χ1v) is 8.81. The first-order valence-electron chi connectivity index (χ1n) is 7.44. The number of methoxy groups -OCH3 is 1. The van der Waals surface area contributed by atoms with Crippen LogP contribution in [0.15, 0.2) is 53.4 Å². The van der Waals surface area contributed by atoms with Gasteiger partial charge in [-0.15, -0.1) is 11.8 Å². The number of hydrogen-bond donors (Lipinski definition) is 1. The highest BCUT2D eigenvalue weighted by Crippen LogP contribution is 2.21. The van der Waals surface area contributed by atoms with Gasteiger partial charge in [-0.3, -0.25) is 0 Å². The third kappa shape index (κ3) is 6.83. The summed E-state index contributed by atoms with van der Waals surface area (Å²) in [6.45, 7) is 0.985. The molecule has 0 bridgehead atoms. The van der Waals surface area contributed by atoms with E-state index in [-0.39, 0.29) is 6.61 Å². The molecule has 3 nitrogen and oxygen atoms in total. The van der Waals surface area contributed by atoms with Crippen LogP contribution in [0.5, 0.6) is 5.75 Å². The van der Waals surface area contributed by atoms with Crippen LogP contribution in [0.4, 0.5) is 0 Å². The number of hydrogen-bond acceptors (Lipinski definition) is 4. The molecular formula is C18H21ClO3S. The Labute approximate surface area is 146 Å². The van der Waals surface area contributed by atoms with Crippen molar-refractivity contribution < 1.29 is 14.6 Å². The molecule has 124 valence electrons. The minimum Gasteiger partial charge on any atom is -0.491 e. The van der Waals surface area contributed by atoms with Crippen LogP contribution in [0.1, 0.15) is 5.56 Å². The van der Waals surface area contributed by atoms with Crippen molar-refractivity contribution in [3.63, 3.8) is 0 Å². The van der Waals surface area contributed by atoms with E-state index < -0.39 is 6.10 Å². The second-order valence-corrected chi connectivity index (χ2v) is 6.65. The Balaban J connectivity index is 1.71. The summed E-state index contributed by atoms with van der Waals surface area (Å²) < 4.78 is 10.7. The van der Waals surface area contributed by atoms with Crippen molar-refractivity contribution in [2.45, 2.75) is 17.4 Å². The molecule has 0 fully saturated rings. The highest BCUT2D eigenvalue weighted by Gasteiger charge is 2.07. The second-order valence-electron chi connectivity index (χ2n) is 5.12. The molecule has 2 aromatic carbocycles. The Morgan fingerprint density at radius 1 is 1.09 bits per heavy atom. The van der Waals surface area contributed by atoms with Gasteiger partial charge in [0, 0.05) is 22.8 Å². The summed E-state index contributed by atoms with van der Waals surface area (Å²) in [5.74, 6) is 1.34. The summed E-state index contributed by atoms with van der Waals surface area (Å²) in [5, 5.41) is 10.7. The van der Waals surface area contributed by atoms with E-state index in [1.165, 1.54) is 5.56 Å². The van der Waals surface area contributed by atoms with Gasteiger partial charge >= 0.3 is 0 Å². The van der Waals surface area contributed by atoms with E-state index in [4.69, 9.17) is 21.1 Å². The predicted octanol–water partition coefficient (Wildman–Crippen LogP) is 4.06. The molecule has 23 heavy (non-hydrogen) atoms. The van der Waals surface area contributed by atoms with Gasteiger partial charge in [0.25, 0.3) is 0 Å². The van der Waals surface area contributed by atoms with Crippen LogP contribution in [0.2, 0.25) is 5.02 Å². The number of ether oxygens (including phenoxy) is 2. The summed E-state index contributed by atoms with van der Waals surface area (Å²) in [6.07, 6.45) is 0.362. The molecule has 0 saturated carbocycles. The number of halogens is 1. The molecule has 0 aromatic heterocycles. The van der Waals surface area contributed by atoms with E-state index in [9.17, 15) is 5.11 Å². The molecule has 0 aliphatic carbocycles. The Bertz CT molecular complexity index is 572. The van der Waals surface area contributed by atoms with Crippen molar-refractivity contribution in [1.29, 1.82) is 0 Å². The first kappa shape index (κ1) is 18.1. The van der Waals surface area contributed by atoms with Gasteiger partial charge in [0.05, 0.1) is 12.7 Å². The molecule has 0 saturated heterocycles. The lowest BCUT2D eigenvalue weighted by Crippen LogP contribution is -2.20. The number of aliphatic hydroxyl groups is 1. The van der Waals surface area contributed by atoms with Crippen LogP contribution in [-0.2, 0) is 11.2 Å². The molecule has 5 heteroatoms. The molecule has 0 radical (unpaired) electrons. The molecular weight excluding hydrogens is 332 g/mol. The van der Waals surface area contributed by atoms with Gasteiger partial charge in [-0.05, 0) is 48.4 Å². The van der Waals surface area contributed by atoms with Crippen molar-refractivity contribution in [3.05, 3.63) is 59.1 Å². The largest absolute Gasteiger partial charge is 0.491 e. The number of aliphatic hydroxyl groups excluding tert-OH is 1. The van der Waals surface area contributed by atoms with Crippen LogP contribution < -0.4 is 4.74 Å². The first-order chi connectivity index (χ1) is 11.2.